The molecule has 2 atom stereocenters. The lowest BCUT2D eigenvalue weighted by molar-refractivity contribution is 0.329. The lowest BCUT2D eigenvalue weighted by atomic mass is 9.74. The molecule has 4 aromatic rings. The van der Waals surface area contributed by atoms with Gasteiger partial charge in [0, 0.05) is 24.0 Å². The van der Waals surface area contributed by atoms with Crippen molar-refractivity contribution in [1.29, 1.82) is 0 Å². The third kappa shape index (κ3) is 3.47. The maximum absolute atomic E-state index is 4.42. The van der Waals surface area contributed by atoms with Crippen molar-refractivity contribution in [2.45, 2.75) is 19.3 Å². The zero-order valence-electron chi connectivity index (χ0n) is 16.5. The van der Waals surface area contributed by atoms with Crippen molar-refractivity contribution in [2.24, 2.45) is 5.41 Å². The van der Waals surface area contributed by atoms with Crippen molar-refractivity contribution in [3.63, 3.8) is 0 Å². The van der Waals surface area contributed by atoms with Crippen molar-refractivity contribution in [3.8, 4) is 11.1 Å². The minimum atomic E-state index is 0.0880. The van der Waals surface area contributed by atoms with E-state index in [1.165, 1.54) is 27.8 Å². The monoisotopic (exact) mass is 396 g/mol. The fourth-order valence-electron chi connectivity index (χ4n) is 4.73. The highest BCUT2D eigenvalue weighted by Gasteiger charge is 2.43. The fraction of sp³-hybridized carbons (Fsp3) is 0.192. The molecule has 0 spiro atoms. The van der Waals surface area contributed by atoms with Crippen LogP contribution in [0, 0.1) is 5.41 Å². The van der Waals surface area contributed by atoms with Crippen LogP contribution in [0.2, 0.25) is 0 Å². The summed E-state index contributed by atoms with van der Waals surface area (Å²) in [6.45, 7) is 3.31. The number of anilines is 1. The van der Waals surface area contributed by atoms with E-state index >= 15 is 0 Å². The number of hydrogen-bond acceptors (Lipinski definition) is 3. The van der Waals surface area contributed by atoms with E-state index in [1.807, 2.05) is 11.6 Å². The Morgan fingerprint density at radius 1 is 0.966 bits per heavy atom. The number of thiazole rings is 1. The van der Waals surface area contributed by atoms with E-state index < -0.39 is 0 Å². The first-order chi connectivity index (χ1) is 14.2. The normalized spacial score (nSPS) is 20.4. The first-order valence-corrected chi connectivity index (χ1v) is 11.0. The summed E-state index contributed by atoms with van der Waals surface area (Å²) in [7, 11) is 0. The van der Waals surface area contributed by atoms with Crippen LogP contribution in [0.15, 0.2) is 90.4 Å². The van der Waals surface area contributed by atoms with Crippen LogP contribution in [0.25, 0.3) is 11.1 Å². The predicted octanol–water partition coefficient (Wildman–Crippen LogP) is 6.62. The van der Waals surface area contributed by atoms with Gasteiger partial charge in [-0.05, 0) is 39.7 Å². The molecule has 144 valence electrons. The second kappa shape index (κ2) is 7.49. The molecule has 0 saturated carbocycles. The van der Waals surface area contributed by atoms with Gasteiger partial charge in [0.25, 0.3) is 0 Å². The van der Waals surface area contributed by atoms with Gasteiger partial charge in [0.05, 0.1) is 0 Å². The van der Waals surface area contributed by atoms with Crippen molar-refractivity contribution in [3.05, 3.63) is 107 Å². The van der Waals surface area contributed by atoms with Crippen LogP contribution in [0.3, 0.4) is 0 Å². The summed E-state index contributed by atoms with van der Waals surface area (Å²) in [6, 6.07) is 28.7. The Kier molecular flexibility index (Phi) is 4.69. The molecule has 2 nitrogen and oxygen atoms in total. The minimum absolute atomic E-state index is 0.0880. The first kappa shape index (κ1) is 18.1. The molecule has 3 heteroatoms. The Hall–Kier alpha value is -2.91. The van der Waals surface area contributed by atoms with Crippen LogP contribution in [0.5, 0.6) is 0 Å². The number of rotatable bonds is 5. The number of nitrogens with one attached hydrogen (secondary N) is 1. The molecular formula is C26H24N2S. The number of aromatic nitrogens is 1. The SMILES string of the molecule is C[C@@]1(CNc2nccs2)Cc2ccc(-c3ccccc3)cc2C1c1ccccc1. The average Bonchev–Trinajstić information content (AvgIpc) is 3.38. The quantitative estimate of drug-likeness (QED) is 0.410. The van der Waals surface area contributed by atoms with Crippen LogP contribution < -0.4 is 5.32 Å². The molecule has 0 fully saturated rings. The molecule has 0 amide bonds. The van der Waals surface area contributed by atoms with Crippen molar-refractivity contribution in [1.82, 2.24) is 4.98 Å². The van der Waals surface area contributed by atoms with Gasteiger partial charge in [-0.3, -0.25) is 0 Å². The Morgan fingerprint density at radius 3 is 2.45 bits per heavy atom. The van der Waals surface area contributed by atoms with Crippen LogP contribution in [0.4, 0.5) is 5.13 Å². The third-order valence-electron chi connectivity index (χ3n) is 6.06. The second-order valence-corrected chi connectivity index (χ2v) is 9.04. The molecule has 0 bridgehead atoms. The second-order valence-electron chi connectivity index (χ2n) is 8.14. The lowest BCUT2D eigenvalue weighted by Gasteiger charge is -2.33. The van der Waals surface area contributed by atoms with Crippen molar-refractivity contribution in [2.75, 3.05) is 11.9 Å². The summed E-state index contributed by atoms with van der Waals surface area (Å²) >= 11 is 1.66. The van der Waals surface area contributed by atoms with Gasteiger partial charge in [-0.25, -0.2) is 4.98 Å². The number of benzene rings is 3. The molecule has 0 saturated heterocycles. The summed E-state index contributed by atoms with van der Waals surface area (Å²) in [6.07, 6.45) is 2.93. The van der Waals surface area contributed by atoms with E-state index in [0.29, 0.717) is 5.92 Å². The smallest absolute Gasteiger partial charge is 0.182 e. The Morgan fingerprint density at radius 2 is 1.72 bits per heavy atom. The number of hydrogen-bond donors (Lipinski definition) is 1. The van der Waals surface area contributed by atoms with Crippen molar-refractivity contribution < 1.29 is 0 Å². The Balaban J connectivity index is 1.56. The molecule has 1 aliphatic carbocycles. The van der Waals surface area contributed by atoms with E-state index in [0.717, 1.165) is 18.1 Å². The zero-order valence-corrected chi connectivity index (χ0v) is 17.3. The van der Waals surface area contributed by atoms with Gasteiger partial charge in [-0.1, -0.05) is 85.8 Å². The van der Waals surface area contributed by atoms with Gasteiger partial charge in [0.2, 0.25) is 0 Å². The van der Waals surface area contributed by atoms with E-state index in [1.54, 1.807) is 11.3 Å². The summed E-state index contributed by atoms with van der Waals surface area (Å²) in [5.41, 5.74) is 6.96. The average molecular weight is 397 g/mol. The molecule has 1 unspecified atom stereocenters. The summed E-state index contributed by atoms with van der Waals surface area (Å²) in [4.78, 5) is 4.42. The molecule has 29 heavy (non-hydrogen) atoms. The highest BCUT2D eigenvalue weighted by atomic mass is 32.1. The van der Waals surface area contributed by atoms with Gasteiger partial charge in [0.1, 0.15) is 0 Å². The van der Waals surface area contributed by atoms with Crippen LogP contribution in [-0.4, -0.2) is 11.5 Å². The van der Waals surface area contributed by atoms with Crippen molar-refractivity contribution >= 4 is 16.5 Å². The maximum atomic E-state index is 4.42. The highest BCUT2D eigenvalue weighted by molar-refractivity contribution is 7.13. The van der Waals surface area contributed by atoms with Gasteiger partial charge in [-0.2, -0.15) is 0 Å². The molecule has 1 heterocycles. The summed E-state index contributed by atoms with van der Waals surface area (Å²) < 4.78 is 0. The molecule has 0 radical (unpaired) electrons. The summed E-state index contributed by atoms with van der Waals surface area (Å²) in [5, 5.41) is 6.62. The van der Waals surface area contributed by atoms with E-state index in [4.69, 9.17) is 0 Å². The van der Waals surface area contributed by atoms with Crippen LogP contribution in [0.1, 0.15) is 29.5 Å². The fourth-order valence-corrected chi connectivity index (χ4v) is 5.26. The molecule has 1 N–H and O–H groups in total. The first-order valence-electron chi connectivity index (χ1n) is 10.1. The van der Waals surface area contributed by atoms with E-state index in [-0.39, 0.29) is 5.41 Å². The van der Waals surface area contributed by atoms with Gasteiger partial charge in [-0.15, -0.1) is 11.3 Å². The molecule has 0 aliphatic heterocycles. The lowest BCUT2D eigenvalue weighted by Crippen LogP contribution is -2.31. The Bertz CT molecular complexity index is 1090. The van der Waals surface area contributed by atoms with Gasteiger partial charge < -0.3 is 5.32 Å². The standard InChI is InChI=1S/C26H24N2S/c1-26(18-28-25-27-14-15-29-25)17-22-13-12-21(19-8-4-2-5-9-19)16-23(22)24(26)20-10-6-3-7-11-20/h2-16,24H,17-18H2,1H3,(H,27,28)/t24?,26-/m0/s1. The van der Waals surface area contributed by atoms with Gasteiger partial charge >= 0.3 is 0 Å². The largest absolute Gasteiger partial charge is 0.361 e. The van der Waals surface area contributed by atoms with E-state index in [2.05, 4.69) is 96.1 Å². The highest BCUT2D eigenvalue weighted by Crippen LogP contribution is 2.51. The molecule has 1 aliphatic rings. The van der Waals surface area contributed by atoms with Crippen LogP contribution >= 0.6 is 11.3 Å². The molecule has 3 aromatic carbocycles. The van der Waals surface area contributed by atoms with Gasteiger partial charge in [0.15, 0.2) is 5.13 Å². The molecule has 1 aromatic heterocycles. The van der Waals surface area contributed by atoms with E-state index in [9.17, 15) is 0 Å². The topological polar surface area (TPSA) is 24.9 Å². The third-order valence-corrected chi connectivity index (χ3v) is 6.79. The predicted molar refractivity (Wildman–Crippen MR) is 123 cm³/mol. The van der Waals surface area contributed by atoms with Crippen LogP contribution in [-0.2, 0) is 6.42 Å². The molecule has 5 rings (SSSR count). The summed E-state index contributed by atoms with van der Waals surface area (Å²) in [5.74, 6) is 0.356. The number of fused-ring (bicyclic) bond motifs is 1. The zero-order chi connectivity index (χ0) is 19.7. The number of nitrogens with zero attached hydrogens (tertiary/aromatic N) is 1. The Labute approximate surface area is 176 Å². The maximum Gasteiger partial charge on any atom is 0.182 e. The molecular weight excluding hydrogens is 372 g/mol. The minimum Gasteiger partial charge on any atom is -0.361 e.